The van der Waals surface area contributed by atoms with Crippen LogP contribution >= 0.6 is 0 Å². The lowest BCUT2D eigenvalue weighted by atomic mass is 10.2. The quantitative estimate of drug-likeness (QED) is 0.830. The maximum absolute atomic E-state index is 12.7. The number of nitrogens with one attached hydrogen (secondary N) is 1. The molecule has 0 aliphatic heterocycles. The first-order valence-corrected chi connectivity index (χ1v) is 8.78. The van der Waals surface area contributed by atoms with Gasteiger partial charge in [-0.05, 0) is 52.3 Å². The van der Waals surface area contributed by atoms with Crippen LogP contribution in [0.4, 0.5) is 9.59 Å². The smallest absolute Gasteiger partial charge is 0.443 e. The maximum atomic E-state index is 12.7. The summed E-state index contributed by atoms with van der Waals surface area (Å²) in [6, 6.07) is 5.92. The van der Waals surface area contributed by atoms with Crippen LogP contribution in [-0.2, 0) is 19.5 Å². The molecule has 0 fully saturated rings. The van der Waals surface area contributed by atoms with E-state index < -0.39 is 34.4 Å². The van der Waals surface area contributed by atoms with E-state index in [1.54, 1.807) is 40.7 Å². The molecule has 0 atom stereocenters. The van der Waals surface area contributed by atoms with Gasteiger partial charge in [0.25, 0.3) is 10.0 Å². The van der Waals surface area contributed by atoms with Gasteiger partial charge in [0.2, 0.25) is 0 Å². The van der Waals surface area contributed by atoms with Crippen LogP contribution < -0.4 is 5.43 Å². The second-order valence-electron chi connectivity index (χ2n) is 5.58. The summed E-state index contributed by atoms with van der Waals surface area (Å²) < 4.78 is 35.2. The van der Waals surface area contributed by atoms with Crippen LogP contribution in [0, 0.1) is 6.92 Å². The Balaban J connectivity index is 3.20. The molecule has 0 aliphatic rings. The second kappa shape index (κ2) is 8.00. The van der Waals surface area contributed by atoms with Gasteiger partial charge in [-0.1, -0.05) is 12.1 Å². The summed E-state index contributed by atoms with van der Waals surface area (Å²) in [4.78, 5) is 23.7. The third kappa shape index (κ3) is 5.41. The molecule has 0 heterocycles. The molecule has 0 unspecified atom stereocenters. The molecular formula is C15H22N2O6S. The summed E-state index contributed by atoms with van der Waals surface area (Å²) in [6.45, 7) is 8.00. The number of rotatable bonds is 4. The fraction of sp³-hybridized carbons (Fsp3) is 0.467. The number of benzene rings is 1. The highest BCUT2D eigenvalue weighted by Gasteiger charge is 2.34. The highest BCUT2D eigenvalue weighted by Crippen LogP contribution is 2.17. The largest absolute Gasteiger partial charge is 0.446 e. The first-order valence-electron chi connectivity index (χ1n) is 7.34. The third-order valence-corrected chi connectivity index (χ3v) is 4.14. The summed E-state index contributed by atoms with van der Waals surface area (Å²) >= 11 is 0. The van der Waals surface area contributed by atoms with Crippen molar-refractivity contribution in [3.63, 3.8) is 0 Å². The Kier molecular flexibility index (Phi) is 6.59. The molecule has 0 aliphatic carbocycles. The molecule has 1 N–H and O–H groups in total. The zero-order chi connectivity index (χ0) is 18.5. The van der Waals surface area contributed by atoms with Crippen molar-refractivity contribution in [2.45, 2.75) is 51.7 Å². The number of ether oxygens (including phenoxy) is 2. The topological polar surface area (TPSA) is 102 Å². The number of aryl methyl sites for hydroxylation is 1. The van der Waals surface area contributed by atoms with Gasteiger partial charge in [0.15, 0.2) is 0 Å². The Hall–Kier alpha value is -2.29. The van der Waals surface area contributed by atoms with E-state index in [9.17, 15) is 18.0 Å². The lowest BCUT2D eigenvalue weighted by Crippen LogP contribution is -2.50. The zero-order valence-corrected chi connectivity index (χ0v) is 15.1. The van der Waals surface area contributed by atoms with Crippen molar-refractivity contribution < 1.29 is 27.5 Å². The van der Waals surface area contributed by atoms with E-state index in [2.05, 4.69) is 0 Å². The number of carbonyl (C=O) groups is 2. The molecule has 0 radical (unpaired) electrons. The third-order valence-electron chi connectivity index (χ3n) is 2.57. The molecule has 0 bridgehead atoms. The van der Waals surface area contributed by atoms with E-state index in [1.807, 2.05) is 5.43 Å². The van der Waals surface area contributed by atoms with E-state index in [0.29, 0.717) is 5.56 Å². The van der Waals surface area contributed by atoms with Gasteiger partial charge in [-0.15, -0.1) is 4.41 Å². The van der Waals surface area contributed by atoms with Crippen LogP contribution in [0.25, 0.3) is 0 Å². The van der Waals surface area contributed by atoms with Gasteiger partial charge in [0.1, 0.15) is 0 Å². The predicted octanol–water partition coefficient (Wildman–Crippen LogP) is 2.58. The summed E-state index contributed by atoms with van der Waals surface area (Å²) in [5.74, 6) is 0. The standard InChI is InChI=1S/C15H22N2O6S/c1-10(2)22-14(18)16-17(15(19)23-11(3)4)24(20,21)13-8-6-7-12(5)9-13/h6-11H,1-5H3,(H,16,18). The van der Waals surface area contributed by atoms with E-state index in [0.717, 1.165) is 0 Å². The molecule has 2 amide bonds. The second-order valence-corrected chi connectivity index (χ2v) is 7.37. The molecule has 8 nitrogen and oxygen atoms in total. The molecule has 1 rings (SSSR count). The van der Waals surface area contributed by atoms with Crippen LogP contribution in [0.1, 0.15) is 33.3 Å². The number of hydrogen-bond acceptors (Lipinski definition) is 6. The number of hydrogen-bond donors (Lipinski definition) is 1. The highest BCUT2D eigenvalue weighted by atomic mass is 32.2. The van der Waals surface area contributed by atoms with Crippen LogP contribution in [0.15, 0.2) is 29.2 Å². The summed E-state index contributed by atoms with van der Waals surface area (Å²) in [7, 11) is -4.35. The fourth-order valence-corrected chi connectivity index (χ4v) is 2.89. The van der Waals surface area contributed by atoms with Gasteiger partial charge in [-0.2, -0.15) is 8.42 Å². The Morgan fingerprint density at radius 1 is 1.08 bits per heavy atom. The van der Waals surface area contributed by atoms with E-state index in [-0.39, 0.29) is 9.31 Å². The van der Waals surface area contributed by atoms with Crippen LogP contribution in [0.2, 0.25) is 0 Å². The molecule has 0 saturated heterocycles. The summed E-state index contributed by atoms with van der Waals surface area (Å²) in [5.41, 5.74) is 2.60. The van der Waals surface area contributed by atoms with Crippen molar-refractivity contribution in [1.29, 1.82) is 0 Å². The highest BCUT2D eigenvalue weighted by molar-refractivity contribution is 7.89. The SMILES string of the molecule is Cc1cccc(S(=O)(=O)N(NC(=O)OC(C)C)C(=O)OC(C)C)c1. The molecule has 0 saturated carbocycles. The number of hydrazine groups is 1. The number of carbonyl (C=O) groups excluding carboxylic acids is 2. The Morgan fingerprint density at radius 3 is 2.17 bits per heavy atom. The van der Waals surface area contributed by atoms with Gasteiger partial charge in [-0.25, -0.2) is 15.0 Å². The zero-order valence-electron chi connectivity index (χ0n) is 14.3. The first kappa shape index (κ1) is 19.8. The predicted molar refractivity (Wildman–Crippen MR) is 86.6 cm³/mol. The van der Waals surface area contributed by atoms with Gasteiger partial charge in [0, 0.05) is 0 Å². The maximum Gasteiger partial charge on any atom is 0.443 e. The molecule has 0 aromatic heterocycles. The minimum atomic E-state index is -4.35. The van der Waals surface area contributed by atoms with Gasteiger partial charge in [-0.3, -0.25) is 0 Å². The van der Waals surface area contributed by atoms with Gasteiger partial charge >= 0.3 is 12.2 Å². The van der Waals surface area contributed by atoms with Gasteiger partial charge < -0.3 is 9.47 Å². The Bertz CT molecular complexity index is 700. The van der Waals surface area contributed by atoms with Crippen molar-refractivity contribution in [3.05, 3.63) is 29.8 Å². The van der Waals surface area contributed by atoms with E-state index in [1.165, 1.54) is 18.2 Å². The number of nitrogens with zero attached hydrogens (tertiary/aromatic N) is 1. The van der Waals surface area contributed by atoms with Gasteiger partial charge in [0.05, 0.1) is 17.1 Å². The van der Waals surface area contributed by atoms with Crippen molar-refractivity contribution in [2.75, 3.05) is 0 Å². The van der Waals surface area contributed by atoms with Crippen molar-refractivity contribution >= 4 is 22.2 Å². The lowest BCUT2D eigenvalue weighted by Gasteiger charge is -2.23. The molecular weight excluding hydrogens is 336 g/mol. The molecule has 24 heavy (non-hydrogen) atoms. The molecule has 9 heteroatoms. The summed E-state index contributed by atoms with van der Waals surface area (Å²) in [6.07, 6.45) is -3.38. The average molecular weight is 358 g/mol. The average Bonchev–Trinajstić information content (AvgIpc) is 2.43. The molecule has 1 aromatic rings. The van der Waals surface area contributed by atoms with E-state index >= 15 is 0 Å². The van der Waals surface area contributed by atoms with Crippen LogP contribution in [0.3, 0.4) is 0 Å². The number of amides is 2. The molecule has 0 spiro atoms. The van der Waals surface area contributed by atoms with Crippen molar-refractivity contribution in [2.24, 2.45) is 0 Å². The minimum absolute atomic E-state index is 0.145. The first-order chi connectivity index (χ1) is 11.0. The number of sulfonamides is 1. The summed E-state index contributed by atoms with van der Waals surface area (Å²) in [5, 5.41) is 0. The normalized spacial score (nSPS) is 11.3. The van der Waals surface area contributed by atoms with Crippen molar-refractivity contribution in [3.8, 4) is 0 Å². The monoisotopic (exact) mass is 358 g/mol. The Labute approximate surface area is 141 Å². The van der Waals surface area contributed by atoms with Crippen LogP contribution in [0.5, 0.6) is 0 Å². The molecule has 1 aromatic carbocycles. The minimum Gasteiger partial charge on any atom is -0.446 e. The Morgan fingerprint density at radius 2 is 1.67 bits per heavy atom. The van der Waals surface area contributed by atoms with E-state index in [4.69, 9.17) is 9.47 Å². The van der Waals surface area contributed by atoms with Crippen LogP contribution in [-0.4, -0.2) is 37.2 Å². The lowest BCUT2D eigenvalue weighted by molar-refractivity contribution is 0.0715. The van der Waals surface area contributed by atoms with Crippen molar-refractivity contribution in [1.82, 2.24) is 9.84 Å². The fourth-order valence-electron chi connectivity index (χ4n) is 1.66. The molecule has 134 valence electrons.